The standard InChI is InChI=1S/C23H34N2O2/c1-18(2)8-13-24-14-9-19(10-15-24)21-16-25(17-23(27-21)11-12-23)22(26)20-6-4-3-5-7-20/h3-7,18-19,21H,8-17H2,1-2H3/t21-/m1/s1. The molecule has 4 rings (SSSR count). The highest BCUT2D eigenvalue weighted by molar-refractivity contribution is 5.94. The van der Waals surface area contributed by atoms with Crippen molar-refractivity contribution in [3.8, 4) is 0 Å². The fourth-order valence-electron chi connectivity index (χ4n) is 4.59. The van der Waals surface area contributed by atoms with Gasteiger partial charge >= 0.3 is 0 Å². The number of rotatable bonds is 5. The van der Waals surface area contributed by atoms with E-state index in [0.717, 1.165) is 37.4 Å². The van der Waals surface area contributed by atoms with Crippen LogP contribution in [0.4, 0.5) is 0 Å². The van der Waals surface area contributed by atoms with Crippen LogP contribution in [-0.4, -0.2) is 60.1 Å². The zero-order chi connectivity index (χ0) is 18.9. The first-order valence-corrected chi connectivity index (χ1v) is 10.8. The summed E-state index contributed by atoms with van der Waals surface area (Å²) in [7, 11) is 0. The average Bonchev–Trinajstić information content (AvgIpc) is 3.44. The minimum absolute atomic E-state index is 0.0395. The maximum Gasteiger partial charge on any atom is 0.254 e. The Morgan fingerprint density at radius 2 is 1.89 bits per heavy atom. The molecule has 1 saturated carbocycles. The normalized spacial score (nSPS) is 25.9. The Hall–Kier alpha value is -1.39. The predicted octanol–water partition coefficient (Wildman–Crippen LogP) is 3.82. The Balaban J connectivity index is 1.37. The molecule has 27 heavy (non-hydrogen) atoms. The number of carbonyl (C=O) groups excluding carboxylic acids is 1. The van der Waals surface area contributed by atoms with E-state index in [1.165, 1.54) is 38.9 Å². The lowest BCUT2D eigenvalue weighted by Gasteiger charge is -2.44. The van der Waals surface area contributed by atoms with Gasteiger partial charge in [0.05, 0.1) is 18.2 Å². The van der Waals surface area contributed by atoms with Crippen LogP contribution in [0.5, 0.6) is 0 Å². The zero-order valence-electron chi connectivity index (χ0n) is 16.9. The van der Waals surface area contributed by atoms with Crippen molar-refractivity contribution in [3.63, 3.8) is 0 Å². The van der Waals surface area contributed by atoms with Crippen molar-refractivity contribution in [2.24, 2.45) is 11.8 Å². The van der Waals surface area contributed by atoms with Gasteiger partial charge in [-0.25, -0.2) is 0 Å². The van der Waals surface area contributed by atoms with E-state index in [9.17, 15) is 4.79 Å². The molecule has 2 aliphatic heterocycles. The summed E-state index contributed by atoms with van der Waals surface area (Å²) in [5.41, 5.74) is 0.764. The molecule has 3 aliphatic rings. The fraction of sp³-hybridized carbons (Fsp3) is 0.696. The number of benzene rings is 1. The molecule has 2 saturated heterocycles. The molecule has 1 spiro atoms. The first-order chi connectivity index (χ1) is 13.0. The summed E-state index contributed by atoms with van der Waals surface area (Å²) in [6.07, 6.45) is 6.11. The minimum Gasteiger partial charge on any atom is -0.368 e. The second kappa shape index (κ2) is 7.92. The summed E-state index contributed by atoms with van der Waals surface area (Å²) in [4.78, 5) is 17.7. The molecule has 0 radical (unpaired) electrons. The molecule has 3 fully saturated rings. The predicted molar refractivity (Wildman–Crippen MR) is 108 cm³/mol. The fourth-order valence-corrected chi connectivity index (χ4v) is 4.59. The van der Waals surface area contributed by atoms with Gasteiger partial charge in [-0.3, -0.25) is 4.79 Å². The van der Waals surface area contributed by atoms with Crippen molar-refractivity contribution in [2.45, 2.75) is 57.7 Å². The summed E-state index contributed by atoms with van der Waals surface area (Å²) in [6, 6.07) is 9.73. The molecule has 148 valence electrons. The van der Waals surface area contributed by atoms with Gasteiger partial charge in [0.25, 0.3) is 5.91 Å². The highest BCUT2D eigenvalue weighted by Crippen LogP contribution is 2.45. The van der Waals surface area contributed by atoms with Crippen LogP contribution in [-0.2, 0) is 4.74 Å². The average molecular weight is 371 g/mol. The number of piperidine rings is 1. The number of nitrogens with zero attached hydrogens (tertiary/aromatic N) is 2. The van der Waals surface area contributed by atoms with E-state index in [4.69, 9.17) is 4.74 Å². The molecule has 2 heterocycles. The van der Waals surface area contributed by atoms with Gasteiger partial charge in [0.2, 0.25) is 0 Å². The summed E-state index contributed by atoms with van der Waals surface area (Å²) < 4.78 is 6.56. The van der Waals surface area contributed by atoms with Crippen LogP contribution < -0.4 is 0 Å². The summed E-state index contributed by atoms with van der Waals surface area (Å²) in [5.74, 6) is 1.53. The number of amides is 1. The molecule has 0 bridgehead atoms. The third-order valence-electron chi connectivity index (χ3n) is 6.58. The van der Waals surface area contributed by atoms with Gasteiger partial charge in [0, 0.05) is 12.1 Å². The first-order valence-electron chi connectivity index (χ1n) is 10.8. The third kappa shape index (κ3) is 4.55. The number of hydrogen-bond acceptors (Lipinski definition) is 3. The van der Waals surface area contributed by atoms with Gasteiger partial charge < -0.3 is 14.5 Å². The van der Waals surface area contributed by atoms with Gasteiger partial charge in [-0.1, -0.05) is 32.0 Å². The quantitative estimate of drug-likeness (QED) is 0.790. The molecule has 4 heteroatoms. The Kier molecular flexibility index (Phi) is 5.56. The van der Waals surface area contributed by atoms with E-state index in [0.29, 0.717) is 5.92 Å². The second-order valence-electron chi connectivity index (χ2n) is 9.25. The molecule has 1 aromatic rings. The van der Waals surface area contributed by atoms with Crippen LogP contribution in [0.25, 0.3) is 0 Å². The van der Waals surface area contributed by atoms with Gasteiger partial charge in [-0.05, 0) is 75.7 Å². The van der Waals surface area contributed by atoms with Crippen molar-refractivity contribution in [2.75, 3.05) is 32.7 Å². The molecule has 1 amide bonds. The first kappa shape index (κ1) is 18.9. The van der Waals surface area contributed by atoms with Gasteiger partial charge in [0.1, 0.15) is 0 Å². The summed E-state index contributed by atoms with van der Waals surface area (Å²) in [6.45, 7) is 9.70. The van der Waals surface area contributed by atoms with E-state index in [1.54, 1.807) is 0 Å². The number of hydrogen-bond donors (Lipinski definition) is 0. The van der Waals surface area contributed by atoms with Crippen LogP contribution in [0.2, 0.25) is 0 Å². The number of carbonyl (C=O) groups is 1. The van der Waals surface area contributed by atoms with E-state index < -0.39 is 0 Å². The van der Waals surface area contributed by atoms with Crippen LogP contribution in [0.3, 0.4) is 0 Å². The topological polar surface area (TPSA) is 32.8 Å². The largest absolute Gasteiger partial charge is 0.368 e. The number of ether oxygens (including phenoxy) is 1. The Morgan fingerprint density at radius 1 is 1.19 bits per heavy atom. The van der Waals surface area contributed by atoms with E-state index in [-0.39, 0.29) is 17.6 Å². The smallest absolute Gasteiger partial charge is 0.254 e. The lowest BCUT2D eigenvalue weighted by Crippen LogP contribution is -2.54. The van der Waals surface area contributed by atoms with E-state index in [2.05, 4.69) is 23.6 Å². The van der Waals surface area contributed by atoms with Crippen LogP contribution in [0.1, 0.15) is 56.3 Å². The molecular formula is C23H34N2O2. The van der Waals surface area contributed by atoms with Crippen LogP contribution in [0.15, 0.2) is 30.3 Å². The van der Waals surface area contributed by atoms with Crippen molar-refractivity contribution < 1.29 is 9.53 Å². The minimum atomic E-state index is -0.0395. The van der Waals surface area contributed by atoms with Crippen molar-refractivity contribution in [1.29, 1.82) is 0 Å². The molecule has 1 atom stereocenters. The highest BCUT2D eigenvalue weighted by Gasteiger charge is 2.52. The number of likely N-dealkylation sites (tertiary alicyclic amines) is 1. The summed E-state index contributed by atoms with van der Waals surface area (Å²) in [5, 5.41) is 0. The SMILES string of the molecule is CC(C)CCN1CCC([C@H]2CN(C(=O)c3ccccc3)CC3(CC3)O2)CC1. The van der Waals surface area contributed by atoms with Crippen molar-refractivity contribution in [1.82, 2.24) is 9.80 Å². The van der Waals surface area contributed by atoms with E-state index in [1.807, 2.05) is 30.3 Å². The Bertz CT molecular complexity index is 633. The molecule has 4 nitrogen and oxygen atoms in total. The Morgan fingerprint density at radius 3 is 2.52 bits per heavy atom. The van der Waals surface area contributed by atoms with Crippen LogP contribution in [0, 0.1) is 11.8 Å². The van der Waals surface area contributed by atoms with Crippen LogP contribution >= 0.6 is 0 Å². The highest BCUT2D eigenvalue weighted by atomic mass is 16.5. The summed E-state index contributed by atoms with van der Waals surface area (Å²) >= 11 is 0. The third-order valence-corrected chi connectivity index (χ3v) is 6.58. The number of morpholine rings is 1. The second-order valence-corrected chi connectivity index (χ2v) is 9.25. The van der Waals surface area contributed by atoms with Gasteiger partial charge in [-0.15, -0.1) is 0 Å². The Labute approximate surface area is 163 Å². The van der Waals surface area contributed by atoms with Crippen molar-refractivity contribution >= 4 is 5.91 Å². The monoisotopic (exact) mass is 370 g/mol. The molecule has 1 aliphatic carbocycles. The maximum absolute atomic E-state index is 13.0. The molecule has 1 aromatic carbocycles. The molecule has 0 aromatic heterocycles. The molecule has 0 unspecified atom stereocenters. The molecular weight excluding hydrogens is 336 g/mol. The van der Waals surface area contributed by atoms with Gasteiger partial charge in [0.15, 0.2) is 0 Å². The van der Waals surface area contributed by atoms with E-state index >= 15 is 0 Å². The van der Waals surface area contributed by atoms with Gasteiger partial charge in [-0.2, -0.15) is 0 Å². The maximum atomic E-state index is 13.0. The lowest BCUT2D eigenvalue weighted by molar-refractivity contribution is -0.121. The lowest BCUT2D eigenvalue weighted by atomic mass is 9.89. The van der Waals surface area contributed by atoms with Crippen molar-refractivity contribution in [3.05, 3.63) is 35.9 Å². The molecule has 0 N–H and O–H groups in total. The zero-order valence-corrected chi connectivity index (χ0v) is 16.9.